The van der Waals surface area contributed by atoms with Crippen LogP contribution in [-0.4, -0.2) is 42.3 Å². The number of rotatable bonds is 4. The Morgan fingerprint density at radius 2 is 2.33 bits per heavy atom. The minimum atomic E-state index is -0.172. The third kappa shape index (κ3) is 4.02. The maximum atomic E-state index is 12.5. The molecule has 2 rings (SSSR count). The largest absolute Gasteiger partial charge is 0.495 e. The van der Waals surface area contributed by atoms with Crippen molar-refractivity contribution in [2.24, 2.45) is 0 Å². The normalized spacial score (nSPS) is 18.4. The maximum Gasteiger partial charge on any atom is 0.322 e. The lowest BCUT2D eigenvalue weighted by molar-refractivity contribution is 0.141. The lowest BCUT2D eigenvalue weighted by atomic mass is 10.0. The van der Waals surface area contributed by atoms with Crippen molar-refractivity contribution in [1.29, 1.82) is 0 Å². The standard InChI is InChI=1S/C15H21ClN2O3/c1-21-14-6-5-11(16)10-13(14)17-15(20)18-8-3-2-4-12(18)7-9-19/h5-6,10,12,19H,2-4,7-9H2,1H3,(H,17,20). The molecule has 0 spiro atoms. The van der Waals surface area contributed by atoms with Gasteiger partial charge in [-0.25, -0.2) is 4.79 Å². The minimum Gasteiger partial charge on any atom is -0.495 e. The van der Waals surface area contributed by atoms with Gasteiger partial charge in [-0.1, -0.05) is 11.6 Å². The molecule has 6 heteroatoms. The van der Waals surface area contributed by atoms with Gasteiger partial charge in [0.2, 0.25) is 0 Å². The van der Waals surface area contributed by atoms with Crippen LogP contribution in [0.15, 0.2) is 18.2 Å². The number of amides is 2. The molecule has 0 bridgehead atoms. The summed E-state index contributed by atoms with van der Waals surface area (Å²) in [4.78, 5) is 14.3. The van der Waals surface area contributed by atoms with Gasteiger partial charge in [-0.15, -0.1) is 0 Å². The van der Waals surface area contributed by atoms with Crippen molar-refractivity contribution in [2.45, 2.75) is 31.7 Å². The van der Waals surface area contributed by atoms with Crippen LogP contribution >= 0.6 is 11.6 Å². The van der Waals surface area contributed by atoms with Gasteiger partial charge in [-0.05, 0) is 43.9 Å². The average molecular weight is 313 g/mol. The van der Waals surface area contributed by atoms with Crippen LogP contribution in [0, 0.1) is 0 Å². The zero-order valence-corrected chi connectivity index (χ0v) is 12.9. The van der Waals surface area contributed by atoms with Crippen LogP contribution < -0.4 is 10.1 Å². The molecule has 2 amide bonds. The number of carbonyl (C=O) groups is 1. The summed E-state index contributed by atoms with van der Waals surface area (Å²) in [5.74, 6) is 0.573. The smallest absolute Gasteiger partial charge is 0.322 e. The predicted octanol–water partition coefficient (Wildman–Crippen LogP) is 3.12. The number of nitrogens with one attached hydrogen (secondary N) is 1. The number of hydrogen-bond donors (Lipinski definition) is 2. The van der Waals surface area contributed by atoms with Gasteiger partial charge in [0, 0.05) is 24.2 Å². The van der Waals surface area contributed by atoms with E-state index in [0.29, 0.717) is 29.4 Å². The van der Waals surface area contributed by atoms with Gasteiger partial charge < -0.3 is 20.1 Å². The summed E-state index contributed by atoms with van der Waals surface area (Å²) in [5.41, 5.74) is 0.559. The summed E-state index contributed by atoms with van der Waals surface area (Å²) in [7, 11) is 1.55. The monoisotopic (exact) mass is 312 g/mol. The highest BCUT2D eigenvalue weighted by Crippen LogP contribution is 2.29. The van der Waals surface area contributed by atoms with Gasteiger partial charge in [0.25, 0.3) is 0 Å². The number of methoxy groups -OCH3 is 1. The van der Waals surface area contributed by atoms with E-state index in [9.17, 15) is 4.79 Å². The van der Waals surface area contributed by atoms with E-state index >= 15 is 0 Å². The van der Waals surface area contributed by atoms with Crippen LogP contribution in [0.25, 0.3) is 0 Å². The topological polar surface area (TPSA) is 61.8 Å². The fourth-order valence-electron chi connectivity index (χ4n) is 2.68. The number of urea groups is 1. The van der Waals surface area contributed by atoms with E-state index in [-0.39, 0.29) is 18.7 Å². The fraction of sp³-hybridized carbons (Fsp3) is 0.533. The number of hydrogen-bond acceptors (Lipinski definition) is 3. The van der Waals surface area contributed by atoms with E-state index in [1.54, 1.807) is 30.2 Å². The Labute approximate surface area is 129 Å². The number of aliphatic hydroxyl groups is 1. The number of ether oxygens (including phenoxy) is 1. The Hall–Kier alpha value is -1.46. The van der Waals surface area contributed by atoms with E-state index in [1.807, 2.05) is 0 Å². The third-order valence-electron chi connectivity index (χ3n) is 3.75. The van der Waals surface area contributed by atoms with Gasteiger partial charge in [-0.2, -0.15) is 0 Å². The van der Waals surface area contributed by atoms with E-state index in [0.717, 1.165) is 19.3 Å². The van der Waals surface area contributed by atoms with Crippen molar-refractivity contribution in [3.05, 3.63) is 23.2 Å². The molecule has 0 radical (unpaired) electrons. The van der Waals surface area contributed by atoms with Gasteiger partial charge in [0.1, 0.15) is 5.75 Å². The first kappa shape index (κ1) is 15.9. The van der Waals surface area contributed by atoms with Crippen molar-refractivity contribution in [3.8, 4) is 5.75 Å². The van der Waals surface area contributed by atoms with Crippen LogP contribution in [0.5, 0.6) is 5.75 Å². The summed E-state index contributed by atoms with van der Waals surface area (Å²) in [6.07, 6.45) is 3.62. The van der Waals surface area contributed by atoms with Crippen molar-refractivity contribution in [3.63, 3.8) is 0 Å². The molecule has 1 fully saturated rings. The quantitative estimate of drug-likeness (QED) is 0.898. The van der Waals surface area contributed by atoms with E-state index in [1.165, 1.54) is 0 Å². The zero-order chi connectivity index (χ0) is 15.2. The number of piperidine rings is 1. The Morgan fingerprint density at radius 3 is 3.05 bits per heavy atom. The summed E-state index contributed by atoms with van der Waals surface area (Å²) in [5, 5.41) is 12.5. The molecule has 1 heterocycles. The first-order chi connectivity index (χ1) is 10.2. The van der Waals surface area contributed by atoms with Crippen molar-refractivity contribution >= 4 is 23.3 Å². The molecule has 2 N–H and O–H groups in total. The second kappa shape index (κ2) is 7.52. The second-order valence-electron chi connectivity index (χ2n) is 5.13. The summed E-state index contributed by atoms with van der Waals surface area (Å²) < 4.78 is 5.23. The summed E-state index contributed by atoms with van der Waals surface area (Å²) in [6.45, 7) is 0.800. The molecule has 1 saturated heterocycles. The molecule has 0 aliphatic carbocycles. The average Bonchev–Trinajstić information content (AvgIpc) is 2.48. The summed E-state index contributed by atoms with van der Waals surface area (Å²) >= 11 is 5.97. The number of anilines is 1. The van der Waals surface area contributed by atoms with Crippen molar-refractivity contribution < 1.29 is 14.6 Å². The molecular formula is C15H21ClN2O3. The number of halogens is 1. The Bertz CT molecular complexity index is 494. The molecule has 1 aromatic carbocycles. The number of aliphatic hydroxyl groups excluding tert-OH is 1. The molecule has 116 valence electrons. The molecule has 0 aromatic heterocycles. The van der Waals surface area contributed by atoms with Gasteiger partial charge in [-0.3, -0.25) is 0 Å². The molecule has 1 aliphatic rings. The Kier molecular flexibility index (Phi) is 5.70. The first-order valence-corrected chi connectivity index (χ1v) is 7.55. The van der Waals surface area contributed by atoms with E-state index in [4.69, 9.17) is 21.4 Å². The minimum absolute atomic E-state index is 0.0916. The van der Waals surface area contributed by atoms with Crippen molar-refractivity contribution in [2.75, 3.05) is 25.6 Å². The molecular weight excluding hydrogens is 292 g/mol. The van der Waals surface area contributed by atoms with Crippen LogP contribution in [0.4, 0.5) is 10.5 Å². The van der Waals surface area contributed by atoms with E-state index in [2.05, 4.69) is 5.32 Å². The van der Waals surface area contributed by atoms with Crippen LogP contribution in [0.3, 0.4) is 0 Å². The maximum absolute atomic E-state index is 12.5. The Morgan fingerprint density at radius 1 is 1.52 bits per heavy atom. The second-order valence-corrected chi connectivity index (χ2v) is 5.57. The molecule has 1 aromatic rings. The molecule has 0 saturated carbocycles. The number of carbonyl (C=O) groups excluding carboxylic acids is 1. The molecule has 5 nitrogen and oxygen atoms in total. The number of benzene rings is 1. The van der Waals surface area contributed by atoms with Gasteiger partial charge >= 0.3 is 6.03 Å². The van der Waals surface area contributed by atoms with Gasteiger partial charge in [0.15, 0.2) is 0 Å². The molecule has 21 heavy (non-hydrogen) atoms. The number of likely N-dealkylation sites (tertiary alicyclic amines) is 1. The molecule has 1 atom stereocenters. The van der Waals surface area contributed by atoms with Gasteiger partial charge in [0.05, 0.1) is 12.8 Å². The Balaban J connectivity index is 2.11. The van der Waals surface area contributed by atoms with Crippen LogP contribution in [0.2, 0.25) is 5.02 Å². The van der Waals surface area contributed by atoms with Crippen molar-refractivity contribution in [1.82, 2.24) is 4.90 Å². The molecule has 1 aliphatic heterocycles. The lowest BCUT2D eigenvalue weighted by Gasteiger charge is -2.35. The number of nitrogens with zero attached hydrogens (tertiary/aromatic N) is 1. The highest BCUT2D eigenvalue weighted by atomic mass is 35.5. The highest BCUT2D eigenvalue weighted by molar-refractivity contribution is 6.31. The first-order valence-electron chi connectivity index (χ1n) is 7.17. The van der Waals surface area contributed by atoms with Crippen LogP contribution in [-0.2, 0) is 0 Å². The lowest BCUT2D eigenvalue weighted by Crippen LogP contribution is -2.46. The SMILES string of the molecule is COc1ccc(Cl)cc1NC(=O)N1CCCCC1CCO. The van der Waals surface area contributed by atoms with E-state index < -0.39 is 0 Å². The third-order valence-corrected chi connectivity index (χ3v) is 3.99. The highest BCUT2D eigenvalue weighted by Gasteiger charge is 2.26. The summed E-state index contributed by atoms with van der Waals surface area (Å²) in [6, 6.07) is 5.02. The fourth-order valence-corrected chi connectivity index (χ4v) is 2.85. The predicted molar refractivity (Wildman–Crippen MR) is 83.1 cm³/mol. The molecule has 1 unspecified atom stereocenters. The zero-order valence-electron chi connectivity index (χ0n) is 12.1. The van der Waals surface area contributed by atoms with Crippen LogP contribution in [0.1, 0.15) is 25.7 Å².